The van der Waals surface area contributed by atoms with Gasteiger partial charge in [0.05, 0.1) is 0 Å². The second-order valence-corrected chi connectivity index (χ2v) is 5.72. The van der Waals surface area contributed by atoms with Crippen molar-refractivity contribution in [3.63, 3.8) is 0 Å². The molecule has 0 fully saturated rings. The summed E-state index contributed by atoms with van der Waals surface area (Å²) in [6, 6.07) is 0. The lowest BCUT2D eigenvalue weighted by atomic mass is 10.2. The van der Waals surface area contributed by atoms with E-state index in [1.54, 1.807) is 12.4 Å². The SMILES string of the molecule is CCCCn1ccnc1C(CCC)S(=O)(=O)O. The van der Waals surface area contributed by atoms with Crippen LogP contribution in [0.1, 0.15) is 50.6 Å². The Kier molecular flexibility index (Phi) is 5.14. The summed E-state index contributed by atoms with van der Waals surface area (Å²) in [5.41, 5.74) is 0. The van der Waals surface area contributed by atoms with Crippen LogP contribution in [0.15, 0.2) is 12.4 Å². The zero-order valence-electron chi connectivity index (χ0n) is 10.3. The first kappa shape index (κ1) is 14.2. The zero-order valence-corrected chi connectivity index (χ0v) is 11.2. The Hall–Kier alpha value is -0.880. The van der Waals surface area contributed by atoms with Gasteiger partial charge in [0.1, 0.15) is 11.1 Å². The fraction of sp³-hybridized carbons (Fsp3) is 0.727. The normalized spacial score (nSPS) is 13.8. The van der Waals surface area contributed by atoms with E-state index in [0.29, 0.717) is 18.7 Å². The molecule has 0 amide bonds. The summed E-state index contributed by atoms with van der Waals surface area (Å²) >= 11 is 0. The molecule has 1 heterocycles. The van der Waals surface area contributed by atoms with E-state index in [4.69, 9.17) is 0 Å². The van der Waals surface area contributed by atoms with Crippen LogP contribution in [0, 0.1) is 0 Å². The third-order valence-corrected chi connectivity index (χ3v) is 3.86. The van der Waals surface area contributed by atoms with E-state index in [-0.39, 0.29) is 0 Å². The van der Waals surface area contributed by atoms with E-state index in [0.717, 1.165) is 19.4 Å². The quantitative estimate of drug-likeness (QED) is 0.764. The van der Waals surface area contributed by atoms with Gasteiger partial charge in [0, 0.05) is 18.9 Å². The average Bonchev–Trinajstić information content (AvgIpc) is 2.69. The number of nitrogens with zero attached hydrogens (tertiary/aromatic N) is 2. The lowest BCUT2D eigenvalue weighted by Crippen LogP contribution is -2.17. The van der Waals surface area contributed by atoms with Gasteiger partial charge in [-0.3, -0.25) is 4.55 Å². The molecule has 0 radical (unpaired) electrons. The third-order valence-electron chi connectivity index (χ3n) is 2.70. The molecule has 1 rings (SSSR count). The molecular formula is C11H20N2O3S. The van der Waals surface area contributed by atoms with Crippen molar-refractivity contribution in [1.29, 1.82) is 0 Å². The monoisotopic (exact) mass is 260 g/mol. The number of unbranched alkanes of at least 4 members (excludes halogenated alkanes) is 1. The van der Waals surface area contributed by atoms with Crippen molar-refractivity contribution in [1.82, 2.24) is 9.55 Å². The number of rotatable bonds is 7. The predicted octanol–water partition coefficient (Wildman–Crippen LogP) is 2.41. The highest BCUT2D eigenvalue weighted by Crippen LogP contribution is 2.25. The summed E-state index contributed by atoms with van der Waals surface area (Å²) < 4.78 is 33.8. The topological polar surface area (TPSA) is 72.2 Å². The maximum absolute atomic E-state index is 11.3. The molecule has 1 aromatic heterocycles. The second kappa shape index (κ2) is 6.16. The van der Waals surface area contributed by atoms with Crippen molar-refractivity contribution in [2.75, 3.05) is 0 Å². The number of imidazole rings is 1. The van der Waals surface area contributed by atoms with Gasteiger partial charge in [-0.25, -0.2) is 4.98 Å². The Bertz CT molecular complexity index is 439. The van der Waals surface area contributed by atoms with Crippen molar-refractivity contribution >= 4 is 10.1 Å². The number of hydrogen-bond acceptors (Lipinski definition) is 3. The van der Waals surface area contributed by atoms with Gasteiger partial charge in [-0.1, -0.05) is 26.7 Å². The molecule has 0 aliphatic carbocycles. The molecular weight excluding hydrogens is 240 g/mol. The van der Waals surface area contributed by atoms with Gasteiger partial charge >= 0.3 is 0 Å². The van der Waals surface area contributed by atoms with Crippen molar-refractivity contribution < 1.29 is 13.0 Å². The molecule has 6 heteroatoms. The van der Waals surface area contributed by atoms with E-state index in [1.807, 2.05) is 11.5 Å². The smallest absolute Gasteiger partial charge is 0.275 e. The Morgan fingerprint density at radius 3 is 2.65 bits per heavy atom. The van der Waals surface area contributed by atoms with Crippen LogP contribution in [-0.4, -0.2) is 22.5 Å². The van der Waals surface area contributed by atoms with Crippen molar-refractivity contribution in [3.8, 4) is 0 Å². The molecule has 0 saturated carbocycles. The number of hydrogen-bond donors (Lipinski definition) is 1. The van der Waals surface area contributed by atoms with Gasteiger partial charge in [-0.2, -0.15) is 8.42 Å². The molecule has 98 valence electrons. The van der Waals surface area contributed by atoms with Crippen LogP contribution in [0.3, 0.4) is 0 Å². The summed E-state index contributed by atoms with van der Waals surface area (Å²) in [6.07, 6.45) is 6.42. The van der Waals surface area contributed by atoms with Gasteiger partial charge in [0.25, 0.3) is 10.1 Å². The standard InChI is InChI=1S/C11H20N2O3S/c1-3-5-8-13-9-7-12-11(13)10(6-4-2)17(14,15)16/h7,9-10H,3-6,8H2,1-2H3,(H,14,15,16). The van der Waals surface area contributed by atoms with Gasteiger partial charge in [-0.15, -0.1) is 0 Å². The molecule has 17 heavy (non-hydrogen) atoms. The van der Waals surface area contributed by atoms with Crippen LogP contribution >= 0.6 is 0 Å². The van der Waals surface area contributed by atoms with Crippen LogP contribution in [-0.2, 0) is 16.7 Å². The minimum atomic E-state index is -4.08. The summed E-state index contributed by atoms with van der Waals surface area (Å²) in [4.78, 5) is 4.08. The van der Waals surface area contributed by atoms with E-state index in [9.17, 15) is 13.0 Å². The third kappa shape index (κ3) is 3.81. The van der Waals surface area contributed by atoms with E-state index >= 15 is 0 Å². The summed E-state index contributed by atoms with van der Waals surface area (Å²) in [6.45, 7) is 4.70. The summed E-state index contributed by atoms with van der Waals surface area (Å²) in [5.74, 6) is 0.447. The van der Waals surface area contributed by atoms with Crippen molar-refractivity contribution in [2.24, 2.45) is 0 Å². The number of aryl methyl sites for hydroxylation is 1. The molecule has 0 aliphatic heterocycles. The molecule has 1 unspecified atom stereocenters. The second-order valence-electron chi connectivity index (χ2n) is 4.12. The van der Waals surface area contributed by atoms with Gasteiger partial charge in [0.2, 0.25) is 0 Å². The molecule has 5 nitrogen and oxygen atoms in total. The van der Waals surface area contributed by atoms with Crippen LogP contribution in [0.5, 0.6) is 0 Å². The summed E-state index contributed by atoms with van der Waals surface area (Å²) in [5, 5.41) is -0.903. The van der Waals surface area contributed by atoms with E-state index < -0.39 is 15.4 Å². The van der Waals surface area contributed by atoms with E-state index in [2.05, 4.69) is 11.9 Å². The average molecular weight is 260 g/mol. The molecule has 0 spiro atoms. The largest absolute Gasteiger partial charge is 0.334 e. The first-order valence-electron chi connectivity index (χ1n) is 5.98. The molecule has 1 N–H and O–H groups in total. The zero-order chi connectivity index (χ0) is 12.9. The first-order chi connectivity index (χ1) is 8.00. The maximum atomic E-state index is 11.3. The van der Waals surface area contributed by atoms with Crippen molar-refractivity contribution in [3.05, 3.63) is 18.2 Å². The lowest BCUT2D eigenvalue weighted by molar-refractivity contribution is 0.454. The Labute approximate surface area is 103 Å². The first-order valence-corrected chi connectivity index (χ1v) is 7.48. The Morgan fingerprint density at radius 1 is 1.41 bits per heavy atom. The molecule has 1 atom stereocenters. The maximum Gasteiger partial charge on any atom is 0.275 e. The highest BCUT2D eigenvalue weighted by molar-refractivity contribution is 7.86. The minimum Gasteiger partial charge on any atom is -0.334 e. The molecule has 1 aromatic rings. The Balaban J connectivity index is 2.98. The predicted molar refractivity (Wildman–Crippen MR) is 66.3 cm³/mol. The molecule has 0 bridgehead atoms. The van der Waals surface area contributed by atoms with Crippen LogP contribution in [0.4, 0.5) is 0 Å². The van der Waals surface area contributed by atoms with Crippen molar-refractivity contribution in [2.45, 2.75) is 51.3 Å². The molecule has 0 aromatic carbocycles. The minimum absolute atomic E-state index is 0.391. The van der Waals surface area contributed by atoms with Crippen LogP contribution in [0.25, 0.3) is 0 Å². The number of aromatic nitrogens is 2. The Morgan fingerprint density at radius 2 is 2.12 bits per heavy atom. The highest BCUT2D eigenvalue weighted by Gasteiger charge is 2.28. The molecule has 0 saturated heterocycles. The van der Waals surface area contributed by atoms with Gasteiger partial charge < -0.3 is 4.57 Å². The fourth-order valence-electron chi connectivity index (χ4n) is 1.80. The van der Waals surface area contributed by atoms with Gasteiger partial charge in [-0.05, 0) is 12.8 Å². The van der Waals surface area contributed by atoms with E-state index in [1.165, 1.54) is 0 Å². The lowest BCUT2D eigenvalue weighted by Gasteiger charge is -2.14. The summed E-state index contributed by atoms with van der Waals surface area (Å²) in [7, 11) is -4.08. The molecule has 0 aliphatic rings. The highest BCUT2D eigenvalue weighted by atomic mass is 32.2. The fourth-order valence-corrected chi connectivity index (χ4v) is 2.80. The van der Waals surface area contributed by atoms with Crippen LogP contribution in [0.2, 0.25) is 0 Å². The van der Waals surface area contributed by atoms with Gasteiger partial charge in [0.15, 0.2) is 0 Å². The van der Waals surface area contributed by atoms with Crippen LogP contribution < -0.4 is 0 Å².